The summed E-state index contributed by atoms with van der Waals surface area (Å²) in [4.78, 5) is 14.3. The number of fused-ring (bicyclic) bond motifs is 1. The van der Waals surface area contributed by atoms with Crippen LogP contribution in [0.5, 0.6) is 0 Å². The van der Waals surface area contributed by atoms with Gasteiger partial charge in [0.1, 0.15) is 0 Å². The molecule has 1 N–H and O–H groups in total. The van der Waals surface area contributed by atoms with Crippen molar-refractivity contribution in [2.24, 2.45) is 7.05 Å². The van der Waals surface area contributed by atoms with Crippen LogP contribution in [0.1, 0.15) is 23.2 Å². The van der Waals surface area contributed by atoms with Crippen molar-refractivity contribution < 1.29 is 13.2 Å². The van der Waals surface area contributed by atoms with Crippen LogP contribution in [0.4, 0.5) is 5.82 Å². The summed E-state index contributed by atoms with van der Waals surface area (Å²) in [6.07, 6.45) is 2.90. The zero-order valence-electron chi connectivity index (χ0n) is 14.4. The largest absolute Gasteiger partial charge is 0.338 e. The van der Waals surface area contributed by atoms with Gasteiger partial charge in [-0.3, -0.25) is 14.2 Å². The number of sulfonamides is 1. The lowest BCUT2D eigenvalue weighted by Crippen LogP contribution is -2.36. The Labute approximate surface area is 147 Å². The molecule has 0 saturated carbocycles. The molecule has 25 heavy (non-hydrogen) atoms. The Bertz CT molecular complexity index is 875. The molecule has 0 saturated heterocycles. The SMILES string of the molecule is Cn1nc(NS(C)(=O)=O)c2c1CCN(C(=O)CCc1ccccc1)C2. The van der Waals surface area contributed by atoms with Gasteiger partial charge >= 0.3 is 0 Å². The molecular formula is C17H22N4O3S. The standard InChI is InChI=1S/C17H22N4O3S/c1-20-15-10-11-21(12-14(15)17(18-20)19-25(2,23)24)16(22)9-8-13-6-4-3-5-7-13/h3-7H,8-12H2,1-2H3,(H,18,19). The Morgan fingerprint density at radius 2 is 2.00 bits per heavy atom. The molecule has 8 heteroatoms. The fraction of sp³-hybridized carbons (Fsp3) is 0.412. The molecule has 2 heterocycles. The molecule has 1 aliphatic heterocycles. The molecule has 134 valence electrons. The number of carbonyl (C=O) groups is 1. The van der Waals surface area contributed by atoms with E-state index in [9.17, 15) is 13.2 Å². The number of aromatic nitrogens is 2. The maximum absolute atomic E-state index is 12.5. The van der Waals surface area contributed by atoms with Gasteiger partial charge in [-0.25, -0.2) is 8.42 Å². The molecule has 0 spiro atoms. The number of carbonyl (C=O) groups excluding carboxylic acids is 1. The van der Waals surface area contributed by atoms with E-state index in [0.29, 0.717) is 38.2 Å². The van der Waals surface area contributed by atoms with Crippen molar-refractivity contribution in [1.82, 2.24) is 14.7 Å². The van der Waals surface area contributed by atoms with Crippen LogP contribution in [0.15, 0.2) is 30.3 Å². The predicted octanol–water partition coefficient (Wildman–Crippen LogP) is 1.31. The number of hydrogen-bond acceptors (Lipinski definition) is 4. The minimum Gasteiger partial charge on any atom is -0.338 e. The first kappa shape index (κ1) is 17.5. The van der Waals surface area contributed by atoms with Gasteiger partial charge in [-0.2, -0.15) is 5.10 Å². The molecular weight excluding hydrogens is 340 g/mol. The summed E-state index contributed by atoms with van der Waals surface area (Å²) in [5.74, 6) is 0.393. The van der Waals surface area contributed by atoms with Crippen LogP contribution in [0.2, 0.25) is 0 Å². The highest BCUT2D eigenvalue weighted by molar-refractivity contribution is 7.92. The van der Waals surface area contributed by atoms with Crippen LogP contribution < -0.4 is 4.72 Å². The second-order valence-electron chi connectivity index (χ2n) is 6.32. The van der Waals surface area contributed by atoms with Crippen molar-refractivity contribution in [2.75, 3.05) is 17.5 Å². The maximum Gasteiger partial charge on any atom is 0.231 e. The van der Waals surface area contributed by atoms with E-state index >= 15 is 0 Å². The second-order valence-corrected chi connectivity index (χ2v) is 8.07. The first-order valence-electron chi connectivity index (χ1n) is 8.18. The minimum absolute atomic E-state index is 0.0728. The molecule has 0 unspecified atom stereocenters. The van der Waals surface area contributed by atoms with Crippen LogP contribution in [-0.4, -0.2) is 41.8 Å². The third-order valence-corrected chi connectivity index (χ3v) is 4.91. The first-order chi connectivity index (χ1) is 11.8. The van der Waals surface area contributed by atoms with E-state index in [1.807, 2.05) is 30.3 Å². The summed E-state index contributed by atoms with van der Waals surface area (Å²) in [6, 6.07) is 9.90. The zero-order chi connectivity index (χ0) is 18.0. The Morgan fingerprint density at radius 3 is 2.68 bits per heavy atom. The number of anilines is 1. The fourth-order valence-corrected chi connectivity index (χ4v) is 3.63. The van der Waals surface area contributed by atoms with Gasteiger partial charge in [-0.05, 0) is 12.0 Å². The van der Waals surface area contributed by atoms with Crippen LogP contribution in [0.25, 0.3) is 0 Å². The van der Waals surface area contributed by atoms with Gasteiger partial charge in [0.2, 0.25) is 15.9 Å². The van der Waals surface area contributed by atoms with E-state index in [0.717, 1.165) is 23.1 Å². The lowest BCUT2D eigenvalue weighted by Gasteiger charge is -2.27. The predicted molar refractivity (Wildman–Crippen MR) is 95.6 cm³/mol. The molecule has 0 bridgehead atoms. The van der Waals surface area contributed by atoms with Gasteiger partial charge in [0, 0.05) is 37.7 Å². The highest BCUT2D eigenvalue weighted by atomic mass is 32.2. The quantitative estimate of drug-likeness (QED) is 0.869. The van der Waals surface area contributed by atoms with Crippen LogP contribution in [0, 0.1) is 0 Å². The average Bonchev–Trinajstić information content (AvgIpc) is 2.87. The van der Waals surface area contributed by atoms with Crippen molar-refractivity contribution in [3.05, 3.63) is 47.2 Å². The van der Waals surface area contributed by atoms with E-state index in [2.05, 4.69) is 9.82 Å². The van der Waals surface area contributed by atoms with Crippen molar-refractivity contribution in [3.8, 4) is 0 Å². The van der Waals surface area contributed by atoms with Gasteiger partial charge in [0.25, 0.3) is 0 Å². The summed E-state index contributed by atoms with van der Waals surface area (Å²) < 4.78 is 27.2. The van der Waals surface area contributed by atoms with Crippen LogP contribution >= 0.6 is 0 Å². The summed E-state index contributed by atoms with van der Waals surface area (Å²) in [7, 11) is -1.62. The summed E-state index contributed by atoms with van der Waals surface area (Å²) in [5, 5.41) is 4.25. The number of benzene rings is 1. The third kappa shape index (κ3) is 4.19. The van der Waals surface area contributed by atoms with Crippen LogP contribution in [0.3, 0.4) is 0 Å². The molecule has 1 aromatic heterocycles. The Hall–Kier alpha value is -2.35. The van der Waals surface area contributed by atoms with Gasteiger partial charge in [0.15, 0.2) is 5.82 Å². The van der Waals surface area contributed by atoms with Gasteiger partial charge in [-0.1, -0.05) is 30.3 Å². The highest BCUT2D eigenvalue weighted by Gasteiger charge is 2.27. The first-order valence-corrected chi connectivity index (χ1v) is 10.1. The zero-order valence-corrected chi connectivity index (χ0v) is 15.2. The summed E-state index contributed by atoms with van der Waals surface area (Å²) in [5.41, 5.74) is 2.89. The average molecular weight is 362 g/mol. The van der Waals surface area contributed by atoms with E-state index in [-0.39, 0.29) is 5.91 Å². The Balaban J connectivity index is 1.70. The molecule has 1 amide bonds. The molecule has 3 rings (SSSR count). The highest BCUT2D eigenvalue weighted by Crippen LogP contribution is 2.26. The third-order valence-electron chi connectivity index (χ3n) is 4.35. The van der Waals surface area contributed by atoms with Crippen molar-refractivity contribution in [3.63, 3.8) is 0 Å². The van der Waals surface area contributed by atoms with E-state index in [4.69, 9.17) is 0 Å². The van der Waals surface area contributed by atoms with Crippen molar-refractivity contribution >= 4 is 21.7 Å². The molecule has 0 atom stereocenters. The number of rotatable bonds is 5. The molecule has 0 fully saturated rings. The topological polar surface area (TPSA) is 84.3 Å². The minimum atomic E-state index is -3.41. The van der Waals surface area contributed by atoms with Crippen molar-refractivity contribution in [2.45, 2.75) is 25.8 Å². The lowest BCUT2D eigenvalue weighted by atomic mass is 10.1. The summed E-state index contributed by atoms with van der Waals surface area (Å²) >= 11 is 0. The van der Waals surface area contributed by atoms with Crippen molar-refractivity contribution in [1.29, 1.82) is 0 Å². The second kappa shape index (κ2) is 6.87. The number of nitrogens with one attached hydrogen (secondary N) is 1. The molecule has 1 aliphatic rings. The molecule has 0 radical (unpaired) electrons. The lowest BCUT2D eigenvalue weighted by molar-refractivity contribution is -0.132. The normalized spacial score (nSPS) is 14.2. The number of nitrogens with zero attached hydrogens (tertiary/aromatic N) is 3. The number of aryl methyl sites for hydroxylation is 2. The van der Waals surface area contributed by atoms with Gasteiger partial charge in [0.05, 0.1) is 12.8 Å². The number of amides is 1. The molecule has 2 aromatic rings. The van der Waals surface area contributed by atoms with Gasteiger partial charge < -0.3 is 4.90 Å². The monoisotopic (exact) mass is 362 g/mol. The summed E-state index contributed by atoms with van der Waals surface area (Å²) in [6.45, 7) is 1.01. The number of hydrogen-bond donors (Lipinski definition) is 1. The fourth-order valence-electron chi connectivity index (χ4n) is 3.12. The molecule has 0 aliphatic carbocycles. The van der Waals surface area contributed by atoms with Crippen LogP contribution in [-0.2, 0) is 41.3 Å². The van der Waals surface area contributed by atoms with E-state index < -0.39 is 10.0 Å². The Morgan fingerprint density at radius 1 is 1.28 bits per heavy atom. The smallest absolute Gasteiger partial charge is 0.231 e. The van der Waals surface area contributed by atoms with E-state index in [1.54, 1.807) is 16.6 Å². The molecule has 7 nitrogen and oxygen atoms in total. The molecule has 1 aromatic carbocycles. The van der Waals surface area contributed by atoms with E-state index in [1.165, 1.54) is 0 Å². The van der Waals surface area contributed by atoms with Gasteiger partial charge in [-0.15, -0.1) is 0 Å². The maximum atomic E-state index is 12.5. The Kier molecular flexibility index (Phi) is 4.80.